The molecule has 0 atom stereocenters. The molecule has 0 aromatic heterocycles. The van der Waals surface area contributed by atoms with Crippen LogP contribution in [0, 0.1) is 13.8 Å². The zero-order chi connectivity index (χ0) is 15.9. The summed E-state index contributed by atoms with van der Waals surface area (Å²) in [6.45, 7) is 4.40. The summed E-state index contributed by atoms with van der Waals surface area (Å²) in [5, 5.41) is 0.277. The summed E-state index contributed by atoms with van der Waals surface area (Å²) >= 11 is 6.18. The number of fused-ring (bicyclic) bond motifs is 1. The molecule has 116 valence electrons. The second-order valence-electron chi connectivity index (χ2n) is 5.75. The molecule has 0 bridgehead atoms. The van der Waals surface area contributed by atoms with Crippen molar-refractivity contribution in [3.8, 4) is 0 Å². The summed E-state index contributed by atoms with van der Waals surface area (Å²) in [7, 11) is -3.63. The minimum absolute atomic E-state index is 0.174. The van der Waals surface area contributed by atoms with E-state index >= 15 is 0 Å². The Labute approximate surface area is 136 Å². The highest BCUT2D eigenvalue weighted by molar-refractivity contribution is 7.93. The number of sulfonamides is 1. The van der Waals surface area contributed by atoms with Gasteiger partial charge in [0.15, 0.2) is 0 Å². The fraction of sp³-hybridized carbons (Fsp3) is 0.294. The van der Waals surface area contributed by atoms with Crippen molar-refractivity contribution < 1.29 is 8.42 Å². The number of hydrogen-bond acceptors (Lipinski definition) is 2. The third-order valence-electron chi connectivity index (χ3n) is 3.97. The largest absolute Gasteiger partial charge is 0.266 e. The maximum Gasteiger partial charge on any atom is 0.265 e. The third kappa shape index (κ3) is 2.61. The molecule has 2 aromatic carbocycles. The fourth-order valence-electron chi connectivity index (χ4n) is 2.87. The molecule has 0 fully saturated rings. The van der Waals surface area contributed by atoms with Crippen LogP contribution in [0.25, 0.3) is 0 Å². The summed E-state index contributed by atoms with van der Waals surface area (Å²) in [6.07, 6.45) is 1.73. The minimum atomic E-state index is -3.63. The third-order valence-corrected chi connectivity index (χ3v) is 6.26. The molecule has 3 nitrogen and oxygen atoms in total. The van der Waals surface area contributed by atoms with Gasteiger partial charge in [0.1, 0.15) is 4.90 Å². The molecule has 3 rings (SSSR count). The molecular weight excluding hydrogens is 318 g/mol. The Hall–Kier alpha value is -1.52. The predicted molar refractivity (Wildman–Crippen MR) is 90.2 cm³/mol. The zero-order valence-corrected chi connectivity index (χ0v) is 14.2. The van der Waals surface area contributed by atoms with Gasteiger partial charge in [0.2, 0.25) is 0 Å². The molecule has 2 aromatic rings. The maximum atomic E-state index is 13.0. The molecule has 0 radical (unpaired) electrons. The lowest BCUT2D eigenvalue weighted by Crippen LogP contribution is -2.35. The SMILES string of the molecule is Cc1ccc(S(=O)(=O)N2CCCc3cc(C)ccc32)c(Cl)c1. The van der Waals surface area contributed by atoms with E-state index in [4.69, 9.17) is 11.6 Å². The van der Waals surface area contributed by atoms with Crippen LogP contribution in [0.2, 0.25) is 5.02 Å². The van der Waals surface area contributed by atoms with Gasteiger partial charge in [0, 0.05) is 6.54 Å². The van der Waals surface area contributed by atoms with E-state index in [1.165, 1.54) is 4.31 Å². The lowest BCUT2D eigenvalue weighted by molar-refractivity contribution is 0.586. The lowest BCUT2D eigenvalue weighted by Gasteiger charge is -2.31. The number of halogens is 1. The topological polar surface area (TPSA) is 37.4 Å². The Kier molecular flexibility index (Phi) is 3.91. The van der Waals surface area contributed by atoms with Gasteiger partial charge in [-0.1, -0.05) is 35.4 Å². The number of benzene rings is 2. The summed E-state index contributed by atoms with van der Waals surface area (Å²) in [6, 6.07) is 11.0. The first-order valence-electron chi connectivity index (χ1n) is 7.28. The van der Waals surface area contributed by atoms with Crippen LogP contribution >= 0.6 is 11.6 Å². The molecule has 0 aliphatic carbocycles. The number of anilines is 1. The smallest absolute Gasteiger partial charge is 0.265 e. The summed E-state index contributed by atoms with van der Waals surface area (Å²) in [5.74, 6) is 0. The van der Waals surface area contributed by atoms with Crippen LogP contribution in [0.1, 0.15) is 23.1 Å². The average molecular weight is 336 g/mol. The van der Waals surface area contributed by atoms with Gasteiger partial charge in [-0.25, -0.2) is 8.42 Å². The van der Waals surface area contributed by atoms with Crippen LogP contribution in [-0.2, 0) is 16.4 Å². The average Bonchev–Trinajstić information content (AvgIpc) is 2.45. The van der Waals surface area contributed by atoms with Gasteiger partial charge >= 0.3 is 0 Å². The van der Waals surface area contributed by atoms with Gasteiger partial charge in [-0.3, -0.25) is 4.31 Å². The van der Waals surface area contributed by atoms with Crippen LogP contribution in [-0.4, -0.2) is 15.0 Å². The van der Waals surface area contributed by atoms with Crippen LogP contribution in [0.15, 0.2) is 41.3 Å². The monoisotopic (exact) mass is 335 g/mol. The van der Waals surface area contributed by atoms with Gasteiger partial charge in [-0.2, -0.15) is 0 Å². The highest BCUT2D eigenvalue weighted by atomic mass is 35.5. The molecule has 0 amide bonds. The zero-order valence-electron chi connectivity index (χ0n) is 12.6. The van der Waals surface area contributed by atoms with Crippen LogP contribution in [0.5, 0.6) is 0 Å². The molecule has 0 saturated heterocycles. The first-order chi connectivity index (χ1) is 10.4. The van der Waals surface area contributed by atoms with Gasteiger partial charge < -0.3 is 0 Å². The van der Waals surface area contributed by atoms with E-state index in [0.29, 0.717) is 6.54 Å². The second-order valence-corrected chi connectivity index (χ2v) is 7.98. The molecular formula is C17H18ClNO2S. The van der Waals surface area contributed by atoms with E-state index in [2.05, 4.69) is 6.07 Å². The van der Waals surface area contributed by atoms with Crippen molar-refractivity contribution in [2.24, 2.45) is 0 Å². The Balaban J connectivity index is 2.11. The van der Waals surface area contributed by atoms with Crippen LogP contribution < -0.4 is 4.31 Å². The Morgan fingerprint density at radius 2 is 1.73 bits per heavy atom. The van der Waals surface area contributed by atoms with Crippen molar-refractivity contribution in [1.82, 2.24) is 0 Å². The molecule has 0 N–H and O–H groups in total. The van der Waals surface area contributed by atoms with E-state index in [-0.39, 0.29) is 9.92 Å². The normalized spacial score (nSPS) is 14.8. The second kappa shape index (κ2) is 5.60. The molecule has 22 heavy (non-hydrogen) atoms. The van der Waals surface area contributed by atoms with Gasteiger partial charge in [0.25, 0.3) is 10.0 Å². The molecule has 0 spiro atoms. The Morgan fingerprint density at radius 3 is 2.45 bits per heavy atom. The van der Waals surface area contributed by atoms with Gasteiger partial charge in [-0.15, -0.1) is 0 Å². The van der Waals surface area contributed by atoms with E-state index in [1.807, 2.05) is 26.0 Å². The predicted octanol–water partition coefficient (Wildman–Crippen LogP) is 4.10. The maximum absolute atomic E-state index is 13.0. The van der Waals surface area contributed by atoms with E-state index in [0.717, 1.165) is 35.2 Å². The van der Waals surface area contributed by atoms with Crippen molar-refractivity contribution in [3.63, 3.8) is 0 Å². The highest BCUT2D eigenvalue weighted by Gasteiger charge is 2.30. The quantitative estimate of drug-likeness (QED) is 0.828. The molecule has 1 aliphatic heterocycles. The first kappa shape index (κ1) is 15.4. The molecule has 5 heteroatoms. The number of rotatable bonds is 2. The van der Waals surface area contributed by atoms with Crippen molar-refractivity contribution in [2.75, 3.05) is 10.8 Å². The Morgan fingerprint density at radius 1 is 1.05 bits per heavy atom. The van der Waals surface area contributed by atoms with E-state index in [9.17, 15) is 8.42 Å². The lowest BCUT2D eigenvalue weighted by atomic mass is 10.0. The standard InChI is InChI=1S/C17H18ClNO2S/c1-12-5-7-16-14(10-12)4-3-9-19(16)22(20,21)17-8-6-13(2)11-15(17)18/h5-8,10-11H,3-4,9H2,1-2H3. The van der Waals surface area contributed by atoms with Crippen molar-refractivity contribution in [1.29, 1.82) is 0 Å². The van der Waals surface area contributed by atoms with Crippen LogP contribution in [0.4, 0.5) is 5.69 Å². The number of nitrogens with zero attached hydrogens (tertiary/aromatic N) is 1. The van der Waals surface area contributed by atoms with E-state index in [1.54, 1.807) is 18.2 Å². The summed E-state index contributed by atoms with van der Waals surface area (Å²) in [5.41, 5.74) is 3.94. The number of hydrogen-bond donors (Lipinski definition) is 0. The molecule has 0 saturated carbocycles. The summed E-state index contributed by atoms with van der Waals surface area (Å²) < 4.78 is 27.5. The van der Waals surface area contributed by atoms with E-state index < -0.39 is 10.0 Å². The fourth-order valence-corrected chi connectivity index (χ4v) is 4.99. The van der Waals surface area contributed by atoms with Gasteiger partial charge in [-0.05, 0) is 56.0 Å². The molecule has 1 aliphatic rings. The molecule has 0 unspecified atom stereocenters. The number of aryl methyl sites for hydroxylation is 3. The van der Waals surface area contributed by atoms with Crippen LogP contribution in [0.3, 0.4) is 0 Å². The van der Waals surface area contributed by atoms with Crippen molar-refractivity contribution in [3.05, 3.63) is 58.1 Å². The minimum Gasteiger partial charge on any atom is -0.266 e. The molecule has 1 heterocycles. The van der Waals surface area contributed by atoms with Gasteiger partial charge in [0.05, 0.1) is 10.7 Å². The Bertz CT molecular complexity index is 831. The first-order valence-corrected chi connectivity index (χ1v) is 9.10. The van der Waals surface area contributed by atoms with Crippen molar-refractivity contribution >= 4 is 27.3 Å². The summed E-state index contributed by atoms with van der Waals surface area (Å²) in [4.78, 5) is 0.174. The highest BCUT2D eigenvalue weighted by Crippen LogP contribution is 2.34. The van der Waals surface area contributed by atoms with Crippen molar-refractivity contribution in [2.45, 2.75) is 31.6 Å².